The summed E-state index contributed by atoms with van der Waals surface area (Å²) in [6, 6.07) is 5.66. The number of carbonyl (C=O) groups excluding carboxylic acids is 2. The quantitative estimate of drug-likeness (QED) is 0.330. The second-order valence-electron chi connectivity index (χ2n) is 10.4. The lowest BCUT2D eigenvalue weighted by molar-refractivity contribution is -0.141. The first-order valence-electron chi connectivity index (χ1n) is 12.3. The minimum absolute atomic E-state index is 0.0742. The summed E-state index contributed by atoms with van der Waals surface area (Å²) in [6.45, 7) is 13.5. The Kier molecular flexibility index (Phi) is 7.98. The van der Waals surface area contributed by atoms with Crippen molar-refractivity contribution in [2.24, 2.45) is 11.8 Å². The van der Waals surface area contributed by atoms with Gasteiger partial charge < -0.3 is 18.6 Å². The van der Waals surface area contributed by atoms with Crippen LogP contribution in [0.3, 0.4) is 0 Å². The molecule has 1 saturated carbocycles. The van der Waals surface area contributed by atoms with Gasteiger partial charge >= 0.3 is 0 Å². The fraction of sp³-hybridized carbons (Fsp3) is 0.630. The summed E-state index contributed by atoms with van der Waals surface area (Å²) in [5.74, 6) is -0.288. The molecule has 0 aliphatic heterocycles. The third-order valence-electron chi connectivity index (χ3n) is 7.90. The normalized spacial score (nSPS) is 25.1. The molecule has 0 unspecified atom stereocenters. The standard InChI is InChI=1S/C27H40O6Si/c1-15(2)34(16(3)4,17(5)6)33-24-13-19-22(31-8)14-20(28)26(27(19)29)25(24)18-10-11-21(30-7)23(12-18)32-9/h10-12,14-17,19,24-26H,13H2,1-9H3/t19-,24+,25-,26-/m1/s1. The fourth-order valence-electron chi connectivity index (χ4n) is 6.47. The number of Topliss-reactive ketones (excluding diaryl/α,β-unsaturated/α-hetero) is 1. The second kappa shape index (κ2) is 10.2. The Hall–Kier alpha value is -2.12. The molecular formula is C27H40O6Si. The molecule has 2 aliphatic rings. The Labute approximate surface area is 205 Å². The number of hydrogen-bond acceptors (Lipinski definition) is 6. The molecule has 0 aromatic heterocycles. The van der Waals surface area contributed by atoms with E-state index in [1.807, 2.05) is 18.2 Å². The van der Waals surface area contributed by atoms with E-state index in [1.54, 1.807) is 14.2 Å². The number of fused-ring (bicyclic) bond motifs is 2. The van der Waals surface area contributed by atoms with Crippen LogP contribution in [0.5, 0.6) is 11.5 Å². The van der Waals surface area contributed by atoms with Crippen LogP contribution < -0.4 is 9.47 Å². The summed E-state index contributed by atoms with van der Waals surface area (Å²) in [5.41, 5.74) is 2.00. The number of hydrogen-bond donors (Lipinski definition) is 0. The highest BCUT2D eigenvalue weighted by molar-refractivity contribution is 6.77. The molecule has 3 rings (SSSR count). The Balaban J connectivity index is 2.18. The van der Waals surface area contributed by atoms with Gasteiger partial charge in [0.2, 0.25) is 8.32 Å². The molecule has 0 amide bonds. The van der Waals surface area contributed by atoms with E-state index >= 15 is 0 Å². The minimum Gasteiger partial charge on any atom is -0.500 e. The van der Waals surface area contributed by atoms with Gasteiger partial charge in [-0.3, -0.25) is 9.59 Å². The van der Waals surface area contributed by atoms with Crippen LogP contribution in [-0.2, 0) is 18.8 Å². The summed E-state index contributed by atoms with van der Waals surface area (Å²) >= 11 is 0. The average Bonchev–Trinajstić information content (AvgIpc) is 2.78. The number of ketones is 2. The van der Waals surface area contributed by atoms with Gasteiger partial charge in [0.15, 0.2) is 23.1 Å². The number of benzene rings is 1. The van der Waals surface area contributed by atoms with Crippen molar-refractivity contribution < 1.29 is 28.2 Å². The monoisotopic (exact) mass is 488 g/mol. The lowest BCUT2D eigenvalue weighted by atomic mass is 9.64. The van der Waals surface area contributed by atoms with E-state index in [0.29, 0.717) is 40.3 Å². The smallest absolute Gasteiger partial charge is 0.200 e. The van der Waals surface area contributed by atoms with Crippen LogP contribution in [-0.4, -0.2) is 47.3 Å². The van der Waals surface area contributed by atoms with Gasteiger partial charge in [-0.1, -0.05) is 47.6 Å². The van der Waals surface area contributed by atoms with Gasteiger partial charge in [0.05, 0.1) is 39.3 Å². The van der Waals surface area contributed by atoms with Crippen LogP contribution >= 0.6 is 0 Å². The highest BCUT2D eigenvalue weighted by Crippen LogP contribution is 2.51. The Morgan fingerprint density at radius 3 is 1.94 bits per heavy atom. The maximum Gasteiger partial charge on any atom is 0.200 e. The Bertz CT molecular complexity index is 929. The molecule has 0 heterocycles. The number of rotatable bonds is 9. The zero-order valence-corrected chi connectivity index (χ0v) is 23.0. The fourth-order valence-corrected chi connectivity index (χ4v) is 12.1. The van der Waals surface area contributed by atoms with Crippen molar-refractivity contribution in [3.63, 3.8) is 0 Å². The summed E-state index contributed by atoms with van der Waals surface area (Å²) in [5, 5.41) is 0. The molecule has 1 fully saturated rings. The number of ether oxygens (including phenoxy) is 3. The minimum atomic E-state index is -2.29. The molecule has 1 aromatic rings. The van der Waals surface area contributed by atoms with Gasteiger partial charge in [-0.2, -0.15) is 0 Å². The summed E-state index contributed by atoms with van der Waals surface area (Å²) in [7, 11) is 2.41. The predicted molar refractivity (Wildman–Crippen MR) is 135 cm³/mol. The molecule has 1 aromatic carbocycles. The zero-order chi connectivity index (χ0) is 25.4. The van der Waals surface area contributed by atoms with E-state index in [9.17, 15) is 9.59 Å². The number of allylic oxidation sites excluding steroid dienone is 2. The van der Waals surface area contributed by atoms with Gasteiger partial charge in [-0.25, -0.2) is 0 Å². The largest absolute Gasteiger partial charge is 0.500 e. The zero-order valence-electron chi connectivity index (χ0n) is 22.0. The lowest BCUT2D eigenvalue weighted by Gasteiger charge is -2.50. The van der Waals surface area contributed by atoms with Crippen molar-refractivity contribution in [2.45, 2.75) is 76.6 Å². The van der Waals surface area contributed by atoms with Crippen LogP contribution in [0.2, 0.25) is 16.6 Å². The summed E-state index contributed by atoms with van der Waals surface area (Å²) < 4.78 is 23.7. The molecule has 6 nitrogen and oxygen atoms in total. The third-order valence-corrected chi connectivity index (χ3v) is 14.0. The van der Waals surface area contributed by atoms with E-state index in [0.717, 1.165) is 5.56 Å². The maximum atomic E-state index is 13.5. The average molecular weight is 489 g/mol. The predicted octanol–water partition coefficient (Wildman–Crippen LogP) is 5.67. The summed E-state index contributed by atoms with van der Waals surface area (Å²) in [4.78, 5) is 26.8. The van der Waals surface area contributed by atoms with Crippen LogP contribution in [0.1, 0.15) is 59.4 Å². The molecular weight excluding hydrogens is 448 g/mol. The van der Waals surface area contributed by atoms with Crippen molar-refractivity contribution >= 4 is 19.9 Å². The van der Waals surface area contributed by atoms with E-state index in [4.69, 9.17) is 18.6 Å². The molecule has 188 valence electrons. The summed E-state index contributed by atoms with van der Waals surface area (Å²) in [6.07, 6.45) is 1.73. The molecule has 0 N–H and O–H groups in total. The molecule has 7 heteroatoms. The van der Waals surface area contributed by atoms with Crippen LogP contribution in [0.15, 0.2) is 30.0 Å². The molecule has 0 saturated heterocycles. The second-order valence-corrected chi connectivity index (χ2v) is 15.8. The van der Waals surface area contributed by atoms with Crippen LogP contribution in [0.4, 0.5) is 0 Å². The van der Waals surface area contributed by atoms with Gasteiger partial charge in [0.25, 0.3) is 0 Å². The van der Waals surface area contributed by atoms with Gasteiger partial charge in [-0.05, 0) is 40.7 Å². The Morgan fingerprint density at radius 1 is 0.853 bits per heavy atom. The first-order valence-corrected chi connectivity index (χ1v) is 14.4. The van der Waals surface area contributed by atoms with Gasteiger partial charge in [0.1, 0.15) is 5.76 Å². The molecule has 4 atom stereocenters. The van der Waals surface area contributed by atoms with Crippen molar-refractivity contribution in [3.8, 4) is 11.5 Å². The highest BCUT2D eigenvalue weighted by Gasteiger charge is 2.56. The first kappa shape index (κ1) is 26.5. The maximum absolute atomic E-state index is 13.5. The van der Waals surface area contributed by atoms with Crippen molar-refractivity contribution in [1.82, 2.24) is 0 Å². The molecule has 2 aliphatic carbocycles. The van der Waals surface area contributed by atoms with Crippen molar-refractivity contribution in [1.29, 1.82) is 0 Å². The van der Waals surface area contributed by atoms with E-state index < -0.39 is 26.1 Å². The van der Waals surface area contributed by atoms with E-state index in [2.05, 4.69) is 41.5 Å². The van der Waals surface area contributed by atoms with E-state index in [1.165, 1.54) is 13.2 Å². The number of methoxy groups -OCH3 is 3. The Morgan fingerprint density at radius 2 is 1.44 bits per heavy atom. The molecule has 0 radical (unpaired) electrons. The number of carbonyl (C=O) groups is 2. The highest BCUT2D eigenvalue weighted by atomic mass is 28.4. The van der Waals surface area contributed by atoms with E-state index in [-0.39, 0.29) is 17.7 Å². The first-order chi connectivity index (χ1) is 16.0. The third kappa shape index (κ3) is 4.33. The topological polar surface area (TPSA) is 71.1 Å². The van der Waals surface area contributed by atoms with Crippen molar-refractivity contribution in [2.75, 3.05) is 21.3 Å². The molecule has 34 heavy (non-hydrogen) atoms. The molecule has 2 bridgehead atoms. The van der Waals surface area contributed by atoms with Crippen LogP contribution in [0.25, 0.3) is 0 Å². The molecule has 0 spiro atoms. The van der Waals surface area contributed by atoms with Crippen LogP contribution in [0, 0.1) is 11.8 Å². The van der Waals surface area contributed by atoms with Crippen molar-refractivity contribution in [3.05, 3.63) is 35.6 Å². The SMILES string of the molecule is COC1=CC(=O)[C@H]2C(=O)[C@@H]1C[C@H](O[Si](C(C)C)(C(C)C)C(C)C)[C@H]2c1ccc(OC)c(OC)c1. The van der Waals surface area contributed by atoms with Gasteiger partial charge in [0, 0.05) is 12.0 Å². The van der Waals surface area contributed by atoms with Gasteiger partial charge in [-0.15, -0.1) is 0 Å². The lowest BCUT2D eigenvalue weighted by Crippen LogP contribution is -2.56.